The molecule has 176 valence electrons. The molecule has 0 aromatic rings. The standard InChI is InChI=1S/C18H30N4O8S/c1-9(23)14(19)16(27)20-10(5-7-31-2)17(28)22-6-3-4-12(22)15(26)21-11(18(29)30)8-13(24)25/h9-12,14,23H,3-8,19H2,1-2H3,(H,20,27)(H,21,26)(H,24,25)(H,29,30). The summed E-state index contributed by atoms with van der Waals surface area (Å²) >= 11 is 1.45. The number of nitrogens with zero attached hydrogens (tertiary/aromatic N) is 1. The van der Waals surface area contributed by atoms with E-state index in [0.29, 0.717) is 12.2 Å². The molecule has 31 heavy (non-hydrogen) atoms. The van der Waals surface area contributed by atoms with E-state index in [4.69, 9.17) is 15.9 Å². The summed E-state index contributed by atoms with van der Waals surface area (Å²) in [7, 11) is 0. The highest BCUT2D eigenvalue weighted by molar-refractivity contribution is 7.98. The first-order valence-electron chi connectivity index (χ1n) is 9.78. The Morgan fingerprint density at radius 3 is 2.32 bits per heavy atom. The molecule has 13 heteroatoms. The first-order valence-corrected chi connectivity index (χ1v) is 11.2. The first kappa shape index (κ1) is 26.7. The molecule has 1 aliphatic rings. The summed E-state index contributed by atoms with van der Waals surface area (Å²) in [5.74, 6) is -4.35. The molecule has 0 radical (unpaired) electrons. The fraction of sp³-hybridized carbons (Fsp3) is 0.722. The summed E-state index contributed by atoms with van der Waals surface area (Å²) in [5.41, 5.74) is 5.63. The highest BCUT2D eigenvalue weighted by Crippen LogP contribution is 2.20. The van der Waals surface area contributed by atoms with Crippen LogP contribution in [0, 0.1) is 0 Å². The van der Waals surface area contributed by atoms with E-state index in [-0.39, 0.29) is 19.4 Å². The number of rotatable bonds is 12. The Morgan fingerprint density at radius 1 is 1.16 bits per heavy atom. The molecule has 1 fully saturated rings. The number of nitrogens with one attached hydrogen (secondary N) is 2. The van der Waals surface area contributed by atoms with Crippen molar-refractivity contribution in [2.75, 3.05) is 18.6 Å². The van der Waals surface area contributed by atoms with Crippen LogP contribution in [-0.2, 0) is 24.0 Å². The Balaban J connectivity index is 2.94. The fourth-order valence-electron chi connectivity index (χ4n) is 3.13. The van der Waals surface area contributed by atoms with Crippen LogP contribution < -0.4 is 16.4 Å². The van der Waals surface area contributed by atoms with Crippen LogP contribution in [0.4, 0.5) is 0 Å². The van der Waals surface area contributed by atoms with Crippen molar-refractivity contribution >= 4 is 41.4 Å². The Kier molecular flexibility index (Phi) is 10.7. The van der Waals surface area contributed by atoms with Crippen LogP contribution in [0.25, 0.3) is 0 Å². The average molecular weight is 463 g/mol. The number of aliphatic carboxylic acids is 2. The van der Waals surface area contributed by atoms with Crippen molar-refractivity contribution in [2.45, 2.75) is 62.9 Å². The summed E-state index contributed by atoms with van der Waals surface area (Å²) < 4.78 is 0. The number of aliphatic hydroxyl groups excluding tert-OH is 1. The van der Waals surface area contributed by atoms with E-state index in [1.165, 1.54) is 23.6 Å². The molecule has 3 amide bonds. The van der Waals surface area contributed by atoms with Crippen LogP contribution in [0.1, 0.15) is 32.6 Å². The molecule has 1 aliphatic heterocycles. The minimum absolute atomic E-state index is 0.224. The maximum absolute atomic E-state index is 13.1. The normalized spacial score (nSPS) is 19.7. The number of carbonyl (C=O) groups excluding carboxylic acids is 3. The summed E-state index contributed by atoms with van der Waals surface area (Å²) in [6.45, 7) is 1.57. The maximum atomic E-state index is 13.1. The molecule has 0 aromatic carbocycles. The molecule has 12 nitrogen and oxygen atoms in total. The molecular formula is C18H30N4O8S. The molecule has 0 aromatic heterocycles. The van der Waals surface area contributed by atoms with Crippen molar-refractivity contribution in [1.82, 2.24) is 15.5 Å². The molecule has 1 heterocycles. The Hall–Kier alpha value is -2.38. The molecule has 7 N–H and O–H groups in total. The summed E-state index contributed by atoms with van der Waals surface area (Å²) in [4.78, 5) is 61.3. The Labute approximate surface area is 183 Å². The van der Waals surface area contributed by atoms with Gasteiger partial charge in [0, 0.05) is 6.54 Å². The smallest absolute Gasteiger partial charge is 0.326 e. The predicted octanol–water partition coefficient (Wildman–Crippen LogP) is -2.03. The lowest BCUT2D eigenvalue weighted by atomic mass is 10.1. The van der Waals surface area contributed by atoms with Crippen molar-refractivity contribution in [3.63, 3.8) is 0 Å². The van der Waals surface area contributed by atoms with Gasteiger partial charge in [0.05, 0.1) is 12.5 Å². The van der Waals surface area contributed by atoms with Gasteiger partial charge in [0.25, 0.3) is 0 Å². The van der Waals surface area contributed by atoms with Crippen molar-refractivity contribution < 1.29 is 39.3 Å². The van der Waals surface area contributed by atoms with Crippen molar-refractivity contribution in [3.05, 3.63) is 0 Å². The molecule has 0 saturated carbocycles. The average Bonchev–Trinajstić information content (AvgIpc) is 3.18. The number of aliphatic hydroxyl groups is 1. The molecule has 0 spiro atoms. The van der Waals surface area contributed by atoms with E-state index in [2.05, 4.69) is 10.6 Å². The second-order valence-electron chi connectivity index (χ2n) is 7.30. The second kappa shape index (κ2) is 12.5. The van der Waals surface area contributed by atoms with E-state index in [9.17, 15) is 29.1 Å². The molecule has 0 bridgehead atoms. The molecule has 1 saturated heterocycles. The number of carboxylic acid groups (broad SMARTS) is 2. The van der Waals surface area contributed by atoms with Crippen LogP contribution in [0.5, 0.6) is 0 Å². The van der Waals surface area contributed by atoms with Crippen LogP contribution in [0.15, 0.2) is 0 Å². The third-order valence-electron chi connectivity index (χ3n) is 4.88. The summed E-state index contributed by atoms with van der Waals surface area (Å²) in [5, 5.41) is 32.2. The van der Waals surface area contributed by atoms with Gasteiger partial charge in [-0.25, -0.2) is 4.79 Å². The minimum Gasteiger partial charge on any atom is -0.481 e. The molecule has 5 unspecified atom stereocenters. The number of amides is 3. The molecular weight excluding hydrogens is 432 g/mol. The fourth-order valence-corrected chi connectivity index (χ4v) is 3.60. The lowest BCUT2D eigenvalue weighted by molar-refractivity contribution is -0.148. The van der Waals surface area contributed by atoms with Crippen LogP contribution in [-0.4, -0.2) is 98.7 Å². The summed E-state index contributed by atoms with van der Waals surface area (Å²) in [6, 6.07) is -4.82. The van der Waals surface area contributed by atoms with Gasteiger partial charge in [0.2, 0.25) is 17.7 Å². The number of thioether (sulfide) groups is 1. The molecule has 5 atom stereocenters. The highest BCUT2D eigenvalue weighted by Gasteiger charge is 2.39. The zero-order valence-electron chi connectivity index (χ0n) is 17.4. The van der Waals surface area contributed by atoms with Gasteiger partial charge in [-0.3, -0.25) is 19.2 Å². The maximum Gasteiger partial charge on any atom is 0.326 e. The first-order chi connectivity index (χ1) is 14.5. The van der Waals surface area contributed by atoms with E-state index in [1.54, 1.807) is 0 Å². The van der Waals surface area contributed by atoms with Gasteiger partial charge in [-0.15, -0.1) is 0 Å². The lowest BCUT2D eigenvalue weighted by Crippen LogP contribution is -2.58. The van der Waals surface area contributed by atoms with E-state index in [1.807, 2.05) is 6.26 Å². The van der Waals surface area contributed by atoms with Gasteiger partial charge >= 0.3 is 11.9 Å². The Morgan fingerprint density at radius 2 is 1.81 bits per heavy atom. The number of nitrogens with two attached hydrogens (primary N) is 1. The zero-order chi connectivity index (χ0) is 23.7. The van der Waals surface area contributed by atoms with Gasteiger partial charge in [-0.2, -0.15) is 11.8 Å². The number of carbonyl (C=O) groups is 5. The largest absolute Gasteiger partial charge is 0.481 e. The number of carboxylic acids is 2. The SMILES string of the molecule is CSCCC(NC(=O)C(N)C(C)O)C(=O)N1CCCC1C(=O)NC(CC(=O)O)C(=O)O. The Bertz CT molecular complexity index is 689. The number of hydrogen-bond donors (Lipinski definition) is 6. The van der Waals surface area contributed by atoms with E-state index < -0.39 is 66.4 Å². The van der Waals surface area contributed by atoms with Crippen molar-refractivity contribution in [3.8, 4) is 0 Å². The van der Waals surface area contributed by atoms with Crippen LogP contribution >= 0.6 is 11.8 Å². The molecule has 1 rings (SSSR count). The quantitative estimate of drug-likeness (QED) is 0.188. The topological polar surface area (TPSA) is 199 Å². The predicted molar refractivity (Wildman–Crippen MR) is 111 cm³/mol. The van der Waals surface area contributed by atoms with Crippen LogP contribution in [0.2, 0.25) is 0 Å². The summed E-state index contributed by atoms with van der Waals surface area (Å²) in [6.07, 6.45) is 0.921. The van der Waals surface area contributed by atoms with Crippen LogP contribution in [0.3, 0.4) is 0 Å². The third kappa shape index (κ3) is 7.99. The van der Waals surface area contributed by atoms with Gasteiger partial charge in [0.15, 0.2) is 0 Å². The van der Waals surface area contributed by atoms with Gasteiger partial charge in [-0.1, -0.05) is 0 Å². The van der Waals surface area contributed by atoms with Crippen molar-refractivity contribution in [2.24, 2.45) is 5.73 Å². The monoisotopic (exact) mass is 462 g/mol. The van der Waals surface area contributed by atoms with Gasteiger partial charge in [0.1, 0.15) is 24.2 Å². The van der Waals surface area contributed by atoms with Gasteiger partial charge < -0.3 is 36.6 Å². The number of likely N-dealkylation sites (tertiary alicyclic amines) is 1. The van der Waals surface area contributed by atoms with Crippen molar-refractivity contribution in [1.29, 1.82) is 0 Å². The minimum atomic E-state index is -1.63. The van der Waals surface area contributed by atoms with Gasteiger partial charge in [-0.05, 0) is 38.2 Å². The molecule has 0 aliphatic carbocycles. The highest BCUT2D eigenvalue weighted by atomic mass is 32.2. The number of hydrogen-bond acceptors (Lipinski definition) is 8. The lowest BCUT2D eigenvalue weighted by Gasteiger charge is -2.30. The second-order valence-corrected chi connectivity index (χ2v) is 8.28. The zero-order valence-corrected chi connectivity index (χ0v) is 18.3. The van der Waals surface area contributed by atoms with E-state index in [0.717, 1.165) is 0 Å². The third-order valence-corrected chi connectivity index (χ3v) is 5.52. The van der Waals surface area contributed by atoms with E-state index >= 15 is 0 Å².